The minimum Gasteiger partial charge on any atom is -0.355 e. The third-order valence-corrected chi connectivity index (χ3v) is 4.96. The Labute approximate surface area is 136 Å². The molecule has 0 bridgehead atoms. The smallest absolute Gasteiger partial charge is 0.133 e. The van der Waals surface area contributed by atoms with Crippen LogP contribution >= 0.6 is 27.3 Å². The first kappa shape index (κ1) is 14.5. The Morgan fingerprint density at radius 2 is 2.10 bits per heavy atom. The lowest BCUT2D eigenvalue weighted by molar-refractivity contribution is 0.885. The molecule has 3 aromatic rings. The van der Waals surface area contributed by atoms with Crippen LogP contribution in [0.4, 0.5) is 5.82 Å². The molecule has 21 heavy (non-hydrogen) atoms. The molecule has 3 rings (SSSR count). The lowest BCUT2D eigenvalue weighted by Crippen LogP contribution is -2.20. The summed E-state index contributed by atoms with van der Waals surface area (Å²) in [6.07, 6.45) is 0. The Bertz CT molecular complexity index is 769. The summed E-state index contributed by atoms with van der Waals surface area (Å²) < 4.78 is 1.15. The van der Waals surface area contributed by atoms with Crippen LogP contribution in [-0.2, 0) is 13.1 Å². The monoisotopic (exact) mass is 361 g/mol. The van der Waals surface area contributed by atoms with Crippen LogP contribution in [0.3, 0.4) is 0 Å². The van der Waals surface area contributed by atoms with Gasteiger partial charge in [-0.05, 0) is 45.1 Å². The average Bonchev–Trinajstić information content (AvgIpc) is 2.90. The first-order valence-electron chi connectivity index (χ1n) is 6.70. The number of rotatable bonds is 4. The van der Waals surface area contributed by atoms with Gasteiger partial charge in [-0.3, -0.25) is 0 Å². The van der Waals surface area contributed by atoms with Crippen molar-refractivity contribution in [3.63, 3.8) is 0 Å². The Morgan fingerprint density at radius 1 is 1.29 bits per heavy atom. The highest BCUT2D eigenvalue weighted by Gasteiger charge is 2.11. The summed E-state index contributed by atoms with van der Waals surface area (Å²) in [7, 11) is 2.06. The van der Waals surface area contributed by atoms with Gasteiger partial charge in [0, 0.05) is 31.1 Å². The number of nitrogens with two attached hydrogens (primary N) is 1. The molecule has 0 aliphatic rings. The Hall–Kier alpha value is -1.43. The molecule has 1 aromatic carbocycles. The van der Waals surface area contributed by atoms with Gasteiger partial charge in [-0.2, -0.15) is 0 Å². The second kappa shape index (κ2) is 6.13. The molecule has 3 nitrogen and oxygen atoms in total. The van der Waals surface area contributed by atoms with Crippen molar-refractivity contribution in [2.75, 3.05) is 11.9 Å². The van der Waals surface area contributed by atoms with E-state index in [1.807, 2.05) is 18.2 Å². The van der Waals surface area contributed by atoms with Crippen LogP contribution in [0.1, 0.15) is 11.1 Å². The van der Waals surface area contributed by atoms with E-state index >= 15 is 0 Å². The predicted molar refractivity (Wildman–Crippen MR) is 93.8 cm³/mol. The van der Waals surface area contributed by atoms with Gasteiger partial charge in [0.15, 0.2) is 0 Å². The molecule has 0 aliphatic heterocycles. The fourth-order valence-electron chi connectivity index (χ4n) is 2.41. The number of hydrogen-bond donors (Lipinski definition) is 1. The third-order valence-electron chi connectivity index (χ3n) is 3.40. The zero-order valence-corrected chi connectivity index (χ0v) is 14.1. The van der Waals surface area contributed by atoms with E-state index in [2.05, 4.69) is 51.5 Å². The number of para-hydroxylation sites is 1. The highest BCUT2D eigenvalue weighted by molar-refractivity contribution is 9.11. The first-order valence-corrected chi connectivity index (χ1v) is 8.37. The molecule has 0 aliphatic carbocycles. The summed E-state index contributed by atoms with van der Waals surface area (Å²) >= 11 is 5.20. The number of anilines is 1. The molecule has 2 heterocycles. The van der Waals surface area contributed by atoms with Crippen LogP contribution in [0, 0.1) is 0 Å². The first-order chi connectivity index (χ1) is 10.2. The molecule has 0 fully saturated rings. The van der Waals surface area contributed by atoms with Crippen molar-refractivity contribution in [3.8, 4) is 0 Å². The SMILES string of the molecule is CN(Cc1csc(Br)c1)c1nc2ccccc2cc1CN. The van der Waals surface area contributed by atoms with Crippen LogP contribution in [0.15, 0.2) is 45.6 Å². The van der Waals surface area contributed by atoms with Crippen LogP contribution in [0.2, 0.25) is 0 Å². The second-order valence-electron chi connectivity index (χ2n) is 4.98. The van der Waals surface area contributed by atoms with Crippen molar-refractivity contribution in [2.45, 2.75) is 13.1 Å². The third kappa shape index (κ3) is 3.10. The van der Waals surface area contributed by atoms with Crippen LogP contribution in [-0.4, -0.2) is 12.0 Å². The zero-order chi connectivity index (χ0) is 14.8. The van der Waals surface area contributed by atoms with Crippen molar-refractivity contribution < 1.29 is 0 Å². The van der Waals surface area contributed by atoms with E-state index in [9.17, 15) is 0 Å². The fraction of sp³-hybridized carbons (Fsp3) is 0.188. The van der Waals surface area contributed by atoms with E-state index in [0.29, 0.717) is 6.54 Å². The van der Waals surface area contributed by atoms with E-state index < -0.39 is 0 Å². The number of aromatic nitrogens is 1. The van der Waals surface area contributed by atoms with Gasteiger partial charge in [-0.1, -0.05) is 18.2 Å². The van der Waals surface area contributed by atoms with Gasteiger partial charge in [0.05, 0.1) is 9.30 Å². The molecule has 108 valence electrons. The predicted octanol–water partition coefficient (Wildman–Crippen LogP) is 4.15. The molecular formula is C16H16BrN3S. The topological polar surface area (TPSA) is 42.2 Å². The van der Waals surface area contributed by atoms with E-state index in [1.54, 1.807) is 11.3 Å². The number of fused-ring (bicyclic) bond motifs is 1. The summed E-state index contributed by atoms with van der Waals surface area (Å²) in [5.41, 5.74) is 9.25. The largest absolute Gasteiger partial charge is 0.355 e. The molecule has 0 spiro atoms. The van der Waals surface area contributed by atoms with Crippen molar-refractivity contribution in [1.82, 2.24) is 4.98 Å². The molecular weight excluding hydrogens is 346 g/mol. The summed E-state index contributed by atoms with van der Waals surface area (Å²) in [5.74, 6) is 0.957. The number of nitrogens with zero attached hydrogens (tertiary/aromatic N) is 2. The van der Waals surface area contributed by atoms with Crippen LogP contribution in [0.5, 0.6) is 0 Å². The quantitative estimate of drug-likeness (QED) is 0.758. The molecule has 0 saturated heterocycles. The maximum absolute atomic E-state index is 5.90. The van der Waals surface area contributed by atoms with Gasteiger partial charge >= 0.3 is 0 Å². The molecule has 5 heteroatoms. The Balaban J connectivity index is 1.97. The normalized spacial score (nSPS) is 11.0. The lowest BCUT2D eigenvalue weighted by Gasteiger charge is -2.21. The Morgan fingerprint density at radius 3 is 2.81 bits per heavy atom. The minimum absolute atomic E-state index is 0.491. The molecule has 2 aromatic heterocycles. The molecule has 0 unspecified atom stereocenters. The highest BCUT2D eigenvalue weighted by atomic mass is 79.9. The Kier molecular flexibility index (Phi) is 4.24. The standard InChI is InChI=1S/C16H16BrN3S/c1-20(9-11-6-15(17)21-10-11)16-13(8-18)7-12-4-2-3-5-14(12)19-16/h2-7,10H,8-9,18H2,1H3. The van der Waals surface area contributed by atoms with Gasteiger partial charge < -0.3 is 10.6 Å². The van der Waals surface area contributed by atoms with Crippen molar-refractivity contribution in [3.05, 3.63) is 56.7 Å². The molecule has 0 saturated carbocycles. The van der Waals surface area contributed by atoms with E-state index in [4.69, 9.17) is 10.7 Å². The zero-order valence-electron chi connectivity index (χ0n) is 11.7. The average molecular weight is 362 g/mol. The fourth-order valence-corrected chi connectivity index (χ4v) is 3.61. The number of halogens is 1. The van der Waals surface area contributed by atoms with Gasteiger partial charge in [0.2, 0.25) is 0 Å². The molecule has 2 N–H and O–H groups in total. The summed E-state index contributed by atoms with van der Waals surface area (Å²) in [4.78, 5) is 6.94. The maximum atomic E-state index is 5.90. The van der Waals surface area contributed by atoms with E-state index in [-0.39, 0.29) is 0 Å². The highest BCUT2D eigenvalue weighted by Crippen LogP contribution is 2.26. The number of thiophene rings is 1. The van der Waals surface area contributed by atoms with Crippen LogP contribution < -0.4 is 10.6 Å². The minimum atomic E-state index is 0.491. The summed E-state index contributed by atoms with van der Waals surface area (Å²) in [6, 6.07) is 12.4. The number of hydrogen-bond acceptors (Lipinski definition) is 4. The maximum Gasteiger partial charge on any atom is 0.133 e. The van der Waals surface area contributed by atoms with Gasteiger partial charge in [-0.25, -0.2) is 4.98 Å². The van der Waals surface area contributed by atoms with E-state index in [1.165, 1.54) is 5.56 Å². The van der Waals surface area contributed by atoms with Crippen molar-refractivity contribution in [1.29, 1.82) is 0 Å². The molecule has 0 atom stereocenters. The van der Waals surface area contributed by atoms with Gasteiger partial charge in [-0.15, -0.1) is 11.3 Å². The van der Waals surface area contributed by atoms with Crippen molar-refractivity contribution in [2.24, 2.45) is 5.73 Å². The second-order valence-corrected chi connectivity index (χ2v) is 7.27. The number of pyridine rings is 1. The lowest BCUT2D eigenvalue weighted by atomic mass is 10.1. The molecule has 0 amide bonds. The number of benzene rings is 1. The summed E-state index contributed by atoms with van der Waals surface area (Å²) in [5, 5.41) is 3.29. The van der Waals surface area contributed by atoms with Gasteiger partial charge in [0.1, 0.15) is 5.82 Å². The van der Waals surface area contributed by atoms with Crippen LogP contribution in [0.25, 0.3) is 10.9 Å². The van der Waals surface area contributed by atoms with Crippen molar-refractivity contribution >= 4 is 44.0 Å². The van der Waals surface area contributed by atoms with Gasteiger partial charge in [0.25, 0.3) is 0 Å². The molecule has 0 radical (unpaired) electrons. The summed E-state index contributed by atoms with van der Waals surface area (Å²) in [6.45, 7) is 1.31. The van der Waals surface area contributed by atoms with E-state index in [0.717, 1.165) is 32.6 Å².